The number of hydrogen-bond acceptors (Lipinski definition) is 6. The van der Waals surface area contributed by atoms with E-state index in [0.717, 1.165) is 18.4 Å². The van der Waals surface area contributed by atoms with Gasteiger partial charge in [-0.05, 0) is 50.5 Å². The maximum Gasteiger partial charge on any atom is 0.340 e. The summed E-state index contributed by atoms with van der Waals surface area (Å²) in [6.45, 7) is 3.29. The number of aryl methyl sites for hydroxylation is 1. The zero-order valence-electron chi connectivity index (χ0n) is 18.1. The first-order valence-corrected chi connectivity index (χ1v) is 11.5. The van der Waals surface area contributed by atoms with Crippen LogP contribution in [0.3, 0.4) is 0 Å². The molecule has 2 aromatic rings. The van der Waals surface area contributed by atoms with E-state index in [1.807, 2.05) is 0 Å². The molecule has 9 heteroatoms. The third kappa shape index (κ3) is 6.40. The lowest BCUT2D eigenvalue weighted by atomic mass is 10.2. The molecular formula is C23H25ClN2O5S. The molecule has 1 aliphatic carbocycles. The number of nitrogens with one attached hydrogen (secondary N) is 2. The van der Waals surface area contributed by atoms with Crippen LogP contribution in [0.1, 0.15) is 35.7 Å². The van der Waals surface area contributed by atoms with Crippen molar-refractivity contribution < 1.29 is 23.9 Å². The second-order valence-electron chi connectivity index (χ2n) is 7.47. The number of ether oxygens (including phenoxy) is 2. The van der Waals surface area contributed by atoms with Crippen molar-refractivity contribution in [3.05, 3.63) is 52.5 Å². The molecule has 1 aliphatic rings. The van der Waals surface area contributed by atoms with Gasteiger partial charge < -0.3 is 20.1 Å². The minimum atomic E-state index is -1.06. The number of hydrogen-bond donors (Lipinski definition) is 2. The monoisotopic (exact) mass is 476 g/mol. The van der Waals surface area contributed by atoms with Crippen molar-refractivity contribution in [1.82, 2.24) is 5.32 Å². The summed E-state index contributed by atoms with van der Waals surface area (Å²) in [5, 5.41) is 6.13. The fourth-order valence-electron chi connectivity index (χ4n) is 2.84. The minimum absolute atomic E-state index is 0.0689. The van der Waals surface area contributed by atoms with Crippen LogP contribution in [0.25, 0.3) is 0 Å². The number of rotatable bonds is 9. The lowest BCUT2D eigenvalue weighted by molar-refractivity contribution is -0.123. The van der Waals surface area contributed by atoms with E-state index in [2.05, 4.69) is 10.6 Å². The predicted molar refractivity (Wildman–Crippen MR) is 125 cm³/mol. The molecule has 1 saturated carbocycles. The van der Waals surface area contributed by atoms with Crippen LogP contribution in [-0.2, 0) is 14.3 Å². The van der Waals surface area contributed by atoms with Gasteiger partial charge in [-0.1, -0.05) is 23.7 Å². The summed E-state index contributed by atoms with van der Waals surface area (Å²) in [4.78, 5) is 37.9. The number of carbonyl (C=O) groups is 3. The van der Waals surface area contributed by atoms with Gasteiger partial charge in [-0.25, -0.2) is 4.79 Å². The first-order chi connectivity index (χ1) is 15.3. The molecule has 7 nitrogen and oxygen atoms in total. The number of halogens is 1. The van der Waals surface area contributed by atoms with Gasteiger partial charge in [-0.15, -0.1) is 11.8 Å². The van der Waals surface area contributed by atoms with Gasteiger partial charge in [-0.3, -0.25) is 9.59 Å². The van der Waals surface area contributed by atoms with Crippen LogP contribution in [0, 0.1) is 6.92 Å². The SMILES string of the molecule is COc1cc(Cl)c(C)cc1NC(=O)C(C)OC(=O)c1ccccc1SCC(=O)NC1CC1. The first-order valence-electron chi connectivity index (χ1n) is 10.2. The van der Waals surface area contributed by atoms with Gasteiger partial charge in [0, 0.05) is 22.0 Å². The van der Waals surface area contributed by atoms with E-state index >= 15 is 0 Å². The van der Waals surface area contributed by atoms with Crippen LogP contribution in [0.4, 0.5) is 5.69 Å². The smallest absolute Gasteiger partial charge is 0.340 e. The molecule has 0 spiro atoms. The summed E-state index contributed by atoms with van der Waals surface area (Å²) in [6, 6.07) is 10.4. The van der Waals surface area contributed by atoms with Crippen LogP contribution < -0.4 is 15.4 Å². The van der Waals surface area contributed by atoms with Gasteiger partial charge in [0.15, 0.2) is 6.10 Å². The molecule has 1 fully saturated rings. The van der Waals surface area contributed by atoms with Gasteiger partial charge in [0.2, 0.25) is 5.91 Å². The number of thioether (sulfide) groups is 1. The fourth-order valence-corrected chi connectivity index (χ4v) is 3.85. The Labute approximate surface area is 196 Å². The Morgan fingerprint density at radius 3 is 2.62 bits per heavy atom. The minimum Gasteiger partial charge on any atom is -0.495 e. The van der Waals surface area contributed by atoms with E-state index in [1.165, 1.54) is 25.8 Å². The highest BCUT2D eigenvalue weighted by atomic mass is 35.5. The second kappa shape index (κ2) is 10.7. The maximum atomic E-state index is 12.7. The van der Waals surface area contributed by atoms with Gasteiger partial charge in [-0.2, -0.15) is 0 Å². The first kappa shape index (κ1) is 23.9. The summed E-state index contributed by atoms with van der Waals surface area (Å²) in [5.41, 5.74) is 1.50. The van der Waals surface area contributed by atoms with Gasteiger partial charge in [0.1, 0.15) is 5.75 Å². The number of anilines is 1. The quantitative estimate of drug-likeness (QED) is 0.416. The van der Waals surface area contributed by atoms with Crippen molar-refractivity contribution >= 4 is 46.8 Å². The summed E-state index contributed by atoms with van der Waals surface area (Å²) < 4.78 is 10.6. The van der Waals surface area contributed by atoms with Crippen LogP contribution in [0.5, 0.6) is 5.75 Å². The van der Waals surface area contributed by atoms with E-state index in [0.29, 0.717) is 26.9 Å². The largest absolute Gasteiger partial charge is 0.495 e. The van der Waals surface area contributed by atoms with Gasteiger partial charge >= 0.3 is 5.97 Å². The molecule has 0 bridgehead atoms. The molecule has 1 atom stereocenters. The van der Waals surface area contributed by atoms with Crippen molar-refractivity contribution in [3.63, 3.8) is 0 Å². The van der Waals surface area contributed by atoms with Crippen LogP contribution in [0.2, 0.25) is 5.02 Å². The van der Waals surface area contributed by atoms with E-state index in [1.54, 1.807) is 43.3 Å². The molecule has 1 unspecified atom stereocenters. The Kier molecular flexibility index (Phi) is 8.04. The van der Waals surface area contributed by atoms with Gasteiger partial charge in [0.25, 0.3) is 5.91 Å². The van der Waals surface area contributed by atoms with E-state index in [9.17, 15) is 14.4 Å². The molecule has 0 aromatic heterocycles. The zero-order chi connectivity index (χ0) is 23.3. The van der Waals surface area contributed by atoms with E-state index < -0.39 is 18.0 Å². The van der Waals surface area contributed by atoms with Crippen LogP contribution >= 0.6 is 23.4 Å². The fraction of sp³-hybridized carbons (Fsp3) is 0.348. The molecule has 2 aromatic carbocycles. The summed E-state index contributed by atoms with van der Waals surface area (Å²) in [7, 11) is 1.47. The van der Waals surface area contributed by atoms with Crippen molar-refractivity contribution in [2.45, 2.75) is 43.7 Å². The zero-order valence-corrected chi connectivity index (χ0v) is 19.6. The molecule has 2 N–H and O–H groups in total. The Hall–Kier alpha value is -2.71. The maximum absolute atomic E-state index is 12.7. The highest BCUT2D eigenvalue weighted by Gasteiger charge is 2.24. The van der Waals surface area contributed by atoms with Crippen molar-refractivity contribution in [2.24, 2.45) is 0 Å². The second-order valence-corrected chi connectivity index (χ2v) is 8.89. The Bertz CT molecular complexity index is 1030. The van der Waals surface area contributed by atoms with E-state index in [4.69, 9.17) is 21.1 Å². The van der Waals surface area contributed by atoms with Gasteiger partial charge in [0.05, 0.1) is 24.1 Å². The van der Waals surface area contributed by atoms with Crippen molar-refractivity contribution in [2.75, 3.05) is 18.2 Å². The summed E-state index contributed by atoms with van der Waals surface area (Å²) >= 11 is 7.36. The number of carbonyl (C=O) groups excluding carboxylic acids is 3. The van der Waals surface area contributed by atoms with Crippen LogP contribution in [-0.4, -0.2) is 42.8 Å². The molecule has 0 radical (unpaired) electrons. The summed E-state index contributed by atoms with van der Waals surface area (Å²) in [6.07, 6.45) is 0.973. The highest BCUT2D eigenvalue weighted by molar-refractivity contribution is 8.00. The van der Waals surface area contributed by atoms with Crippen molar-refractivity contribution in [3.8, 4) is 5.75 Å². The average Bonchev–Trinajstić information content (AvgIpc) is 3.58. The molecule has 32 heavy (non-hydrogen) atoms. The number of amides is 2. The Balaban J connectivity index is 1.62. The third-order valence-corrected chi connectivity index (χ3v) is 6.28. The molecular weight excluding hydrogens is 452 g/mol. The number of methoxy groups -OCH3 is 1. The molecule has 3 rings (SSSR count). The van der Waals surface area contributed by atoms with E-state index in [-0.39, 0.29) is 17.7 Å². The molecule has 0 heterocycles. The third-order valence-electron chi connectivity index (χ3n) is 4.80. The molecule has 0 aliphatic heterocycles. The Morgan fingerprint density at radius 1 is 1.22 bits per heavy atom. The standard InChI is InChI=1S/C23H25ClN2O5S/c1-13-10-18(19(30-3)11-17(13)24)26-22(28)14(2)31-23(29)16-6-4-5-7-20(16)32-12-21(27)25-15-8-9-15/h4-7,10-11,14-15H,8-9,12H2,1-3H3,(H,25,27)(H,26,28). The predicted octanol–water partition coefficient (Wildman–Crippen LogP) is 4.21. The number of benzene rings is 2. The lowest BCUT2D eigenvalue weighted by Gasteiger charge is -2.17. The van der Waals surface area contributed by atoms with Crippen LogP contribution in [0.15, 0.2) is 41.3 Å². The average molecular weight is 477 g/mol. The lowest BCUT2D eigenvalue weighted by Crippen LogP contribution is -2.30. The topological polar surface area (TPSA) is 93.7 Å². The van der Waals surface area contributed by atoms with Crippen molar-refractivity contribution in [1.29, 1.82) is 0 Å². The Morgan fingerprint density at radius 2 is 1.94 bits per heavy atom. The highest BCUT2D eigenvalue weighted by Crippen LogP contribution is 2.31. The normalized spacial score (nSPS) is 13.8. The molecule has 170 valence electrons. The number of esters is 1. The molecule has 0 saturated heterocycles. The summed E-state index contributed by atoms with van der Waals surface area (Å²) in [5.74, 6) is -0.615. The molecule has 2 amide bonds.